The first kappa shape index (κ1) is 15.1. The number of amides is 1. The van der Waals surface area contributed by atoms with Crippen LogP contribution in [0.2, 0.25) is 0 Å². The van der Waals surface area contributed by atoms with Crippen molar-refractivity contribution in [3.63, 3.8) is 0 Å². The van der Waals surface area contributed by atoms with Gasteiger partial charge in [0.2, 0.25) is 0 Å². The molecule has 0 spiro atoms. The molecule has 4 nitrogen and oxygen atoms in total. The van der Waals surface area contributed by atoms with E-state index in [9.17, 15) is 4.79 Å². The summed E-state index contributed by atoms with van der Waals surface area (Å²) in [7, 11) is 0. The zero-order valence-corrected chi connectivity index (χ0v) is 12.3. The van der Waals surface area contributed by atoms with Gasteiger partial charge >= 0.3 is 0 Å². The number of hydrogen-bond donors (Lipinski definition) is 2. The van der Waals surface area contributed by atoms with Crippen LogP contribution >= 0.6 is 0 Å². The molecule has 0 saturated carbocycles. The maximum atomic E-state index is 11.9. The van der Waals surface area contributed by atoms with Gasteiger partial charge in [0.15, 0.2) is 0 Å². The second kappa shape index (κ2) is 7.45. The Bertz CT molecular complexity index is 611. The third-order valence-corrected chi connectivity index (χ3v) is 2.98. The molecule has 1 amide bonds. The van der Waals surface area contributed by atoms with Gasteiger partial charge < -0.3 is 10.1 Å². The summed E-state index contributed by atoms with van der Waals surface area (Å²) in [4.78, 5) is 11.9. The van der Waals surface area contributed by atoms with E-state index in [0.29, 0.717) is 19.0 Å². The van der Waals surface area contributed by atoms with E-state index in [0.717, 1.165) is 16.9 Å². The molecule has 0 atom stereocenters. The fourth-order valence-electron chi connectivity index (χ4n) is 1.92. The van der Waals surface area contributed by atoms with Crippen LogP contribution in [0.15, 0.2) is 48.5 Å². The molecule has 4 heteroatoms. The fraction of sp³-hybridized carbons (Fsp3) is 0.235. The monoisotopic (exact) mass is 284 g/mol. The van der Waals surface area contributed by atoms with Crippen LogP contribution < -0.4 is 15.4 Å². The van der Waals surface area contributed by atoms with Crippen LogP contribution in [0.1, 0.15) is 21.5 Å². The normalized spacial score (nSPS) is 10.2. The van der Waals surface area contributed by atoms with E-state index in [1.807, 2.05) is 56.3 Å². The summed E-state index contributed by atoms with van der Waals surface area (Å²) in [6.07, 6.45) is 0. The molecule has 2 aromatic carbocycles. The second-order valence-corrected chi connectivity index (χ2v) is 4.91. The Hall–Kier alpha value is -2.33. The zero-order valence-electron chi connectivity index (χ0n) is 12.3. The summed E-state index contributed by atoms with van der Waals surface area (Å²) in [6, 6.07) is 15.3. The molecule has 0 unspecified atom stereocenters. The van der Waals surface area contributed by atoms with Crippen molar-refractivity contribution < 1.29 is 9.53 Å². The summed E-state index contributed by atoms with van der Waals surface area (Å²) in [5.74, 6) is 0.717. The van der Waals surface area contributed by atoms with Gasteiger partial charge in [-0.1, -0.05) is 29.8 Å². The third-order valence-electron chi connectivity index (χ3n) is 2.98. The van der Waals surface area contributed by atoms with Crippen molar-refractivity contribution in [2.24, 2.45) is 0 Å². The van der Waals surface area contributed by atoms with Gasteiger partial charge in [-0.2, -0.15) is 0 Å². The van der Waals surface area contributed by atoms with Crippen LogP contribution in [-0.4, -0.2) is 19.3 Å². The van der Waals surface area contributed by atoms with E-state index in [1.54, 1.807) is 6.07 Å². The molecule has 110 valence electrons. The summed E-state index contributed by atoms with van der Waals surface area (Å²) < 4.78 is 5.53. The highest BCUT2D eigenvalue weighted by molar-refractivity contribution is 5.94. The summed E-state index contributed by atoms with van der Waals surface area (Å²) in [6.45, 7) is 4.68. The van der Waals surface area contributed by atoms with Crippen LogP contribution in [0.4, 0.5) is 0 Å². The maximum Gasteiger partial charge on any atom is 0.252 e. The highest BCUT2D eigenvalue weighted by Crippen LogP contribution is 2.11. The quantitative estimate of drug-likeness (QED) is 0.633. The number of aryl methyl sites for hydroxylation is 2. The molecule has 2 N–H and O–H groups in total. The zero-order chi connectivity index (χ0) is 15.1. The molecule has 2 rings (SSSR count). The number of carbonyl (C=O) groups excluding carboxylic acids is 1. The minimum atomic E-state index is -0.0956. The first-order valence-corrected chi connectivity index (χ1v) is 6.90. The van der Waals surface area contributed by atoms with Crippen molar-refractivity contribution >= 4 is 5.91 Å². The Morgan fingerprint density at radius 1 is 1.05 bits per heavy atom. The lowest BCUT2D eigenvalue weighted by molar-refractivity contribution is 0.0947. The van der Waals surface area contributed by atoms with E-state index in [1.165, 1.54) is 0 Å². The van der Waals surface area contributed by atoms with Gasteiger partial charge in [0.05, 0.1) is 6.67 Å². The van der Waals surface area contributed by atoms with Crippen LogP contribution in [0.3, 0.4) is 0 Å². The van der Waals surface area contributed by atoms with Crippen molar-refractivity contribution in [1.82, 2.24) is 10.6 Å². The first-order valence-electron chi connectivity index (χ1n) is 6.90. The molecule has 2 aromatic rings. The highest BCUT2D eigenvalue weighted by Gasteiger charge is 2.03. The average Bonchev–Trinajstić information content (AvgIpc) is 2.47. The Labute approximate surface area is 125 Å². The SMILES string of the molecule is Cc1cccc(OCNCNC(=O)c2cccc(C)c2)c1. The predicted octanol–water partition coefficient (Wildman–Crippen LogP) is 2.62. The average molecular weight is 284 g/mol. The largest absolute Gasteiger partial charge is 0.478 e. The molecule has 0 aliphatic carbocycles. The lowest BCUT2D eigenvalue weighted by Gasteiger charge is -2.09. The molecule has 21 heavy (non-hydrogen) atoms. The Morgan fingerprint density at radius 3 is 2.48 bits per heavy atom. The van der Waals surface area contributed by atoms with Crippen molar-refractivity contribution in [2.75, 3.05) is 13.4 Å². The predicted molar refractivity (Wildman–Crippen MR) is 83.3 cm³/mol. The van der Waals surface area contributed by atoms with E-state index in [2.05, 4.69) is 10.6 Å². The Kier molecular flexibility index (Phi) is 5.35. The highest BCUT2D eigenvalue weighted by atomic mass is 16.5. The van der Waals surface area contributed by atoms with Crippen molar-refractivity contribution in [3.05, 3.63) is 65.2 Å². The molecule has 0 heterocycles. The van der Waals surface area contributed by atoms with Gasteiger partial charge in [-0.15, -0.1) is 0 Å². The lowest BCUT2D eigenvalue weighted by atomic mass is 10.1. The number of carbonyl (C=O) groups is 1. The van der Waals surface area contributed by atoms with Crippen LogP contribution in [-0.2, 0) is 0 Å². The molecule has 0 aliphatic rings. The van der Waals surface area contributed by atoms with E-state index in [4.69, 9.17) is 4.74 Å². The topological polar surface area (TPSA) is 50.4 Å². The molecule has 0 aliphatic heterocycles. The van der Waals surface area contributed by atoms with Gasteiger partial charge in [-0.25, -0.2) is 0 Å². The summed E-state index contributed by atoms with van der Waals surface area (Å²) in [5, 5.41) is 5.81. The molecule has 0 fully saturated rings. The van der Waals surface area contributed by atoms with Crippen molar-refractivity contribution in [3.8, 4) is 5.75 Å². The molecule has 0 aromatic heterocycles. The number of rotatable bonds is 6. The summed E-state index contributed by atoms with van der Waals surface area (Å²) in [5.41, 5.74) is 2.88. The number of nitrogens with one attached hydrogen (secondary N) is 2. The number of hydrogen-bond acceptors (Lipinski definition) is 3. The summed E-state index contributed by atoms with van der Waals surface area (Å²) >= 11 is 0. The lowest BCUT2D eigenvalue weighted by Crippen LogP contribution is -2.35. The van der Waals surface area contributed by atoms with Crippen LogP contribution in [0.25, 0.3) is 0 Å². The number of ether oxygens (including phenoxy) is 1. The smallest absolute Gasteiger partial charge is 0.252 e. The molecule has 0 saturated heterocycles. The number of benzene rings is 2. The van der Waals surface area contributed by atoms with Gasteiger partial charge in [0.1, 0.15) is 12.5 Å². The van der Waals surface area contributed by atoms with Gasteiger partial charge in [-0.3, -0.25) is 10.1 Å². The Morgan fingerprint density at radius 2 is 1.76 bits per heavy atom. The van der Waals surface area contributed by atoms with Crippen molar-refractivity contribution in [1.29, 1.82) is 0 Å². The molecular weight excluding hydrogens is 264 g/mol. The van der Waals surface area contributed by atoms with E-state index >= 15 is 0 Å². The first-order chi connectivity index (χ1) is 10.1. The Balaban J connectivity index is 1.69. The van der Waals surface area contributed by atoms with Crippen molar-refractivity contribution in [2.45, 2.75) is 13.8 Å². The van der Waals surface area contributed by atoms with Gasteiger partial charge in [0, 0.05) is 5.56 Å². The molecule has 0 bridgehead atoms. The fourth-order valence-corrected chi connectivity index (χ4v) is 1.92. The van der Waals surface area contributed by atoms with Gasteiger partial charge in [0.25, 0.3) is 5.91 Å². The van der Waals surface area contributed by atoms with Crippen LogP contribution in [0, 0.1) is 13.8 Å². The van der Waals surface area contributed by atoms with E-state index < -0.39 is 0 Å². The minimum Gasteiger partial charge on any atom is -0.478 e. The third kappa shape index (κ3) is 4.93. The van der Waals surface area contributed by atoms with E-state index in [-0.39, 0.29) is 5.91 Å². The molecule has 0 radical (unpaired) electrons. The minimum absolute atomic E-state index is 0.0956. The maximum absolute atomic E-state index is 11.9. The van der Waals surface area contributed by atoms with Gasteiger partial charge in [-0.05, 0) is 43.7 Å². The standard InChI is InChI=1S/C17H20N2O2/c1-13-5-3-7-15(9-13)17(20)19-11-18-12-21-16-8-4-6-14(2)10-16/h3-10,18H,11-12H2,1-2H3,(H,19,20). The second-order valence-electron chi connectivity index (χ2n) is 4.91. The van der Waals surface area contributed by atoms with Crippen LogP contribution in [0.5, 0.6) is 5.75 Å². The molecular formula is C17H20N2O2.